The summed E-state index contributed by atoms with van der Waals surface area (Å²) in [5, 5.41) is 7.23. The van der Waals surface area contributed by atoms with Gasteiger partial charge in [-0.1, -0.05) is 24.3 Å². The highest BCUT2D eigenvalue weighted by atomic mass is 79.9. The van der Waals surface area contributed by atoms with E-state index in [2.05, 4.69) is 63.0 Å². The molecule has 0 fully saturated rings. The van der Waals surface area contributed by atoms with Crippen LogP contribution in [-0.4, -0.2) is 13.1 Å². The van der Waals surface area contributed by atoms with Gasteiger partial charge in [0, 0.05) is 24.0 Å². The first-order valence-electron chi connectivity index (χ1n) is 7.09. The maximum absolute atomic E-state index is 3.73. The van der Waals surface area contributed by atoms with Crippen LogP contribution in [0, 0.1) is 0 Å². The smallest absolute Gasteiger partial charge is 0.0701 e. The summed E-state index contributed by atoms with van der Waals surface area (Å²) >= 11 is 5.35. The van der Waals surface area contributed by atoms with E-state index in [1.165, 1.54) is 19.8 Å². The Labute approximate surface area is 132 Å². The van der Waals surface area contributed by atoms with Gasteiger partial charge in [0.2, 0.25) is 0 Å². The van der Waals surface area contributed by atoms with E-state index in [0.717, 1.165) is 32.5 Å². The molecule has 20 heavy (non-hydrogen) atoms. The molecule has 1 aromatic carbocycles. The average Bonchev–Trinajstić information content (AvgIpc) is 2.76. The molecule has 2 heterocycles. The first kappa shape index (κ1) is 14.3. The van der Waals surface area contributed by atoms with Gasteiger partial charge in [0.1, 0.15) is 0 Å². The van der Waals surface area contributed by atoms with Gasteiger partial charge in [0.05, 0.1) is 3.79 Å². The number of rotatable bonds is 4. The third-order valence-corrected chi connectivity index (χ3v) is 5.43. The Morgan fingerprint density at radius 3 is 3.00 bits per heavy atom. The number of nitrogens with one attached hydrogen (secondary N) is 2. The third-order valence-electron chi connectivity index (χ3n) is 3.75. The van der Waals surface area contributed by atoms with Crippen molar-refractivity contribution in [2.24, 2.45) is 0 Å². The predicted octanol–water partition coefficient (Wildman–Crippen LogP) is 3.88. The fourth-order valence-corrected chi connectivity index (χ4v) is 4.21. The number of hydrogen-bond acceptors (Lipinski definition) is 3. The zero-order valence-electron chi connectivity index (χ0n) is 11.4. The molecule has 4 heteroatoms. The summed E-state index contributed by atoms with van der Waals surface area (Å²) in [7, 11) is 0. The van der Waals surface area contributed by atoms with E-state index in [-0.39, 0.29) is 0 Å². The van der Waals surface area contributed by atoms with Crippen LogP contribution in [0.25, 0.3) is 0 Å². The van der Waals surface area contributed by atoms with Crippen LogP contribution in [0.3, 0.4) is 0 Å². The van der Waals surface area contributed by atoms with Crippen molar-refractivity contribution < 1.29 is 0 Å². The third kappa shape index (κ3) is 3.50. The van der Waals surface area contributed by atoms with Crippen LogP contribution in [0.4, 0.5) is 0 Å². The summed E-state index contributed by atoms with van der Waals surface area (Å²) in [5.41, 5.74) is 2.89. The number of benzene rings is 1. The van der Waals surface area contributed by atoms with E-state index >= 15 is 0 Å². The van der Waals surface area contributed by atoms with Crippen LogP contribution in [0.5, 0.6) is 0 Å². The molecule has 0 radical (unpaired) electrons. The summed E-state index contributed by atoms with van der Waals surface area (Å²) in [4.78, 5) is 1.43. The zero-order chi connectivity index (χ0) is 13.8. The molecule has 2 aromatic rings. The lowest BCUT2D eigenvalue weighted by molar-refractivity contribution is 0.500. The molecule has 0 amide bonds. The van der Waals surface area contributed by atoms with Crippen LogP contribution in [-0.2, 0) is 13.0 Å². The minimum Gasteiger partial charge on any atom is -0.313 e. The highest BCUT2D eigenvalue weighted by molar-refractivity contribution is 9.11. The second-order valence-electron chi connectivity index (χ2n) is 5.13. The Kier molecular flexibility index (Phi) is 4.89. The molecule has 106 valence electrons. The largest absolute Gasteiger partial charge is 0.313 e. The van der Waals surface area contributed by atoms with Crippen LogP contribution in [0.2, 0.25) is 0 Å². The molecule has 0 spiro atoms. The molecule has 1 atom stereocenters. The van der Waals surface area contributed by atoms with Gasteiger partial charge in [-0.25, -0.2) is 0 Å². The first-order valence-corrected chi connectivity index (χ1v) is 8.70. The highest BCUT2D eigenvalue weighted by Crippen LogP contribution is 2.24. The summed E-state index contributed by atoms with van der Waals surface area (Å²) < 4.78 is 1.22. The van der Waals surface area contributed by atoms with Crippen molar-refractivity contribution in [2.45, 2.75) is 25.4 Å². The molecule has 2 nitrogen and oxygen atoms in total. The summed E-state index contributed by atoms with van der Waals surface area (Å²) in [6, 6.07) is 13.6. The maximum Gasteiger partial charge on any atom is 0.0701 e. The number of thiophene rings is 1. The minimum absolute atomic E-state index is 0.476. The van der Waals surface area contributed by atoms with E-state index in [9.17, 15) is 0 Å². The van der Waals surface area contributed by atoms with E-state index in [1.54, 1.807) is 0 Å². The van der Waals surface area contributed by atoms with Gasteiger partial charge in [-0.05, 0) is 58.6 Å². The summed E-state index contributed by atoms with van der Waals surface area (Å²) in [6.07, 6.45) is 2.26. The Balaban J connectivity index is 1.62. The minimum atomic E-state index is 0.476. The van der Waals surface area contributed by atoms with E-state index < -0.39 is 0 Å². The predicted molar refractivity (Wildman–Crippen MR) is 89.2 cm³/mol. The van der Waals surface area contributed by atoms with E-state index in [4.69, 9.17) is 0 Å². The van der Waals surface area contributed by atoms with Crippen molar-refractivity contribution in [2.75, 3.05) is 13.1 Å². The molecule has 3 rings (SSSR count). The second kappa shape index (κ2) is 6.85. The van der Waals surface area contributed by atoms with Crippen LogP contribution < -0.4 is 10.6 Å². The first-order chi connectivity index (χ1) is 9.83. The lowest BCUT2D eigenvalue weighted by Gasteiger charge is -2.18. The normalized spacial score (nSPS) is 18.6. The monoisotopic (exact) mass is 350 g/mol. The van der Waals surface area contributed by atoms with Gasteiger partial charge < -0.3 is 10.6 Å². The molecule has 0 bridgehead atoms. The van der Waals surface area contributed by atoms with Crippen LogP contribution in [0.1, 0.15) is 28.5 Å². The van der Waals surface area contributed by atoms with Crippen molar-refractivity contribution >= 4 is 27.3 Å². The molecular formula is C16H19BrN2S. The Morgan fingerprint density at radius 2 is 2.15 bits per heavy atom. The molecule has 0 saturated heterocycles. The van der Waals surface area contributed by atoms with Crippen molar-refractivity contribution in [3.8, 4) is 0 Å². The Bertz CT molecular complexity index is 567. The lowest BCUT2D eigenvalue weighted by Crippen LogP contribution is -2.25. The van der Waals surface area contributed by atoms with Crippen LogP contribution in [0.15, 0.2) is 40.2 Å². The van der Waals surface area contributed by atoms with Gasteiger partial charge in [-0.2, -0.15) is 0 Å². The molecule has 0 aliphatic carbocycles. The van der Waals surface area contributed by atoms with Gasteiger partial charge in [-0.3, -0.25) is 0 Å². The van der Waals surface area contributed by atoms with Gasteiger partial charge in [0.25, 0.3) is 0 Å². The maximum atomic E-state index is 3.73. The van der Waals surface area contributed by atoms with Gasteiger partial charge in [0.15, 0.2) is 0 Å². The standard InChI is InChI=1S/C16H19BrN2S/c17-16-6-5-13(20-16)7-10-19-15-8-9-18-11-12-3-1-2-4-14(12)15/h1-6,15,18-19H,7-11H2. The SMILES string of the molecule is Brc1ccc(CCNC2CCNCc3ccccc32)s1. The molecule has 0 saturated carbocycles. The van der Waals surface area contributed by atoms with Crippen molar-refractivity contribution in [3.05, 3.63) is 56.2 Å². The van der Waals surface area contributed by atoms with Crippen LogP contribution >= 0.6 is 27.3 Å². The average molecular weight is 351 g/mol. The highest BCUT2D eigenvalue weighted by Gasteiger charge is 2.17. The van der Waals surface area contributed by atoms with E-state index in [0.29, 0.717) is 6.04 Å². The molecule has 1 aromatic heterocycles. The van der Waals surface area contributed by atoms with Crippen molar-refractivity contribution in [1.29, 1.82) is 0 Å². The molecule has 1 unspecified atom stereocenters. The number of hydrogen-bond donors (Lipinski definition) is 2. The molecule has 1 aliphatic rings. The topological polar surface area (TPSA) is 24.1 Å². The molecular weight excluding hydrogens is 332 g/mol. The fraction of sp³-hybridized carbons (Fsp3) is 0.375. The zero-order valence-corrected chi connectivity index (χ0v) is 13.8. The van der Waals surface area contributed by atoms with E-state index in [1.807, 2.05) is 11.3 Å². The number of fused-ring (bicyclic) bond motifs is 1. The number of halogens is 1. The fourth-order valence-electron chi connectivity index (χ4n) is 2.73. The lowest BCUT2D eigenvalue weighted by atomic mass is 9.99. The Hall–Kier alpha value is -0.680. The van der Waals surface area contributed by atoms with Gasteiger partial charge in [-0.15, -0.1) is 11.3 Å². The second-order valence-corrected chi connectivity index (χ2v) is 7.67. The summed E-state index contributed by atoms with van der Waals surface area (Å²) in [5.74, 6) is 0. The van der Waals surface area contributed by atoms with Crippen molar-refractivity contribution in [3.63, 3.8) is 0 Å². The molecule has 1 aliphatic heterocycles. The van der Waals surface area contributed by atoms with Gasteiger partial charge >= 0.3 is 0 Å². The summed E-state index contributed by atoms with van der Waals surface area (Å²) in [6.45, 7) is 3.11. The quantitative estimate of drug-likeness (QED) is 0.874. The van der Waals surface area contributed by atoms with Crippen molar-refractivity contribution in [1.82, 2.24) is 10.6 Å². The Morgan fingerprint density at radius 1 is 1.25 bits per heavy atom. The molecule has 2 N–H and O–H groups in total.